The fraction of sp³-hybridized carbons (Fsp3) is 0.154. The number of hydrogen-bond donors (Lipinski definition) is 3. The zero-order valence-electron chi connectivity index (χ0n) is 10.1. The summed E-state index contributed by atoms with van der Waals surface area (Å²) in [7, 11) is 1.71. The number of anilines is 1. The molecule has 2 rings (SSSR count). The molecule has 0 spiro atoms. The Bertz CT molecular complexity index is 546. The van der Waals surface area contributed by atoms with E-state index < -0.39 is 0 Å². The molecule has 0 bridgehead atoms. The summed E-state index contributed by atoms with van der Waals surface area (Å²) in [5.74, 6) is 0.0876. The molecule has 5 heteroatoms. The van der Waals surface area contributed by atoms with Gasteiger partial charge in [0.25, 0.3) is 5.91 Å². The molecule has 0 aliphatic rings. The van der Waals surface area contributed by atoms with Crippen molar-refractivity contribution in [2.75, 3.05) is 12.8 Å². The number of H-pyrrole nitrogens is 1. The number of nitrogens with one attached hydrogen (secondary N) is 1. The molecule has 0 fully saturated rings. The van der Waals surface area contributed by atoms with Crippen molar-refractivity contribution in [2.45, 2.75) is 6.54 Å². The van der Waals surface area contributed by atoms with Crippen molar-refractivity contribution in [1.29, 1.82) is 0 Å². The van der Waals surface area contributed by atoms with Gasteiger partial charge in [0.2, 0.25) is 0 Å². The molecule has 1 aromatic heterocycles. The second-order valence-corrected chi connectivity index (χ2v) is 4.17. The predicted octanol–water partition coefficient (Wildman–Crippen LogP) is 1.57. The Morgan fingerprint density at radius 2 is 2.06 bits per heavy atom. The fourth-order valence-corrected chi connectivity index (χ4v) is 1.69. The molecule has 2 aromatic rings. The molecule has 0 saturated heterocycles. The Hall–Kier alpha value is -2.43. The van der Waals surface area contributed by atoms with E-state index in [1.54, 1.807) is 48.5 Å². The molecule has 0 saturated carbocycles. The summed E-state index contributed by atoms with van der Waals surface area (Å²) in [6.45, 7) is 0.470. The van der Waals surface area contributed by atoms with Crippen LogP contribution in [-0.2, 0) is 6.54 Å². The fourth-order valence-electron chi connectivity index (χ4n) is 1.69. The Kier molecular flexibility index (Phi) is 3.23. The molecule has 4 N–H and O–H groups in total. The van der Waals surface area contributed by atoms with Crippen molar-refractivity contribution in [3.63, 3.8) is 0 Å². The lowest BCUT2D eigenvalue weighted by molar-refractivity contribution is 0.0780. The van der Waals surface area contributed by atoms with Gasteiger partial charge in [-0.05, 0) is 23.8 Å². The number of aromatic nitrogens is 1. The number of nitrogens with zero attached hydrogens (tertiary/aromatic N) is 1. The number of aromatic hydroxyl groups is 1. The molecule has 1 aromatic carbocycles. The number of phenols is 1. The zero-order chi connectivity index (χ0) is 13.1. The minimum absolute atomic E-state index is 0.125. The van der Waals surface area contributed by atoms with Gasteiger partial charge < -0.3 is 20.7 Å². The summed E-state index contributed by atoms with van der Waals surface area (Å²) in [4.78, 5) is 16.4. The monoisotopic (exact) mass is 245 g/mol. The largest absolute Gasteiger partial charge is 0.508 e. The minimum Gasteiger partial charge on any atom is -0.508 e. The van der Waals surface area contributed by atoms with Crippen LogP contribution in [0.15, 0.2) is 36.5 Å². The smallest absolute Gasteiger partial charge is 0.270 e. The van der Waals surface area contributed by atoms with E-state index in [4.69, 9.17) is 5.73 Å². The number of carbonyl (C=O) groups is 1. The number of rotatable bonds is 3. The molecule has 0 atom stereocenters. The van der Waals surface area contributed by atoms with Crippen LogP contribution in [0.25, 0.3) is 0 Å². The average Bonchev–Trinajstić information content (AvgIpc) is 2.78. The predicted molar refractivity (Wildman–Crippen MR) is 69.1 cm³/mol. The highest BCUT2D eigenvalue weighted by atomic mass is 16.3. The summed E-state index contributed by atoms with van der Waals surface area (Å²) >= 11 is 0. The van der Waals surface area contributed by atoms with Gasteiger partial charge in [0.1, 0.15) is 11.4 Å². The van der Waals surface area contributed by atoms with Gasteiger partial charge in [-0.2, -0.15) is 0 Å². The van der Waals surface area contributed by atoms with Crippen LogP contribution in [-0.4, -0.2) is 27.9 Å². The summed E-state index contributed by atoms with van der Waals surface area (Å²) in [5, 5.41) is 9.18. The number of nitrogens with two attached hydrogens (primary N) is 1. The number of nitrogen functional groups attached to an aromatic ring is 1. The molecular formula is C13H15N3O2. The first-order valence-corrected chi connectivity index (χ1v) is 5.53. The van der Waals surface area contributed by atoms with Crippen LogP contribution in [0.2, 0.25) is 0 Å². The van der Waals surface area contributed by atoms with Crippen molar-refractivity contribution in [2.24, 2.45) is 0 Å². The van der Waals surface area contributed by atoms with Gasteiger partial charge in [-0.25, -0.2) is 0 Å². The first-order valence-electron chi connectivity index (χ1n) is 5.53. The van der Waals surface area contributed by atoms with Gasteiger partial charge >= 0.3 is 0 Å². The Labute approximate surface area is 105 Å². The van der Waals surface area contributed by atoms with Gasteiger partial charge in [-0.15, -0.1) is 0 Å². The van der Waals surface area contributed by atoms with Gasteiger partial charge in [-0.1, -0.05) is 12.1 Å². The molecule has 5 nitrogen and oxygen atoms in total. The van der Waals surface area contributed by atoms with Crippen molar-refractivity contribution in [3.8, 4) is 5.75 Å². The normalized spacial score (nSPS) is 10.3. The second-order valence-electron chi connectivity index (χ2n) is 4.17. The van der Waals surface area contributed by atoms with Crippen LogP contribution in [0.4, 0.5) is 5.69 Å². The third kappa shape index (κ3) is 2.63. The Morgan fingerprint density at radius 3 is 2.61 bits per heavy atom. The highest BCUT2D eigenvalue weighted by molar-refractivity contribution is 5.93. The first kappa shape index (κ1) is 12.0. The van der Waals surface area contributed by atoms with Gasteiger partial charge in [-0.3, -0.25) is 4.79 Å². The first-order chi connectivity index (χ1) is 8.56. The zero-order valence-corrected chi connectivity index (χ0v) is 10.1. The van der Waals surface area contributed by atoms with E-state index in [0.717, 1.165) is 5.56 Å². The van der Waals surface area contributed by atoms with Crippen LogP contribution >= 0.6 is 0 Å². The van der Waals surface area contributed by atoms with Crippen molar-refractivity contribution >= 4 is 11.6 Å². The molecule has 0 radical (unpaired) electrons. The number of benzene rings is 1. The summed E-state index contributed by atoms with van der Waals surface area (Å²) < 4.78 is 0. The van der Waals surface area contributed by atoms with Crippen LogP contribution in [0, 0.1) is 0 Å². The number of phenolic OH excluding ortho intramolecular Hbond substituents is 1. The standard InChI is InChI=1S/C13H15N3O2/c1-16(8-9-2-4-11(17)5-3-9)13(18)12-6-10(14)7-15-12/h2-7,15,17H,8,14H2,1H3. The molecular weight excluding hydrogens is 230 g/mol. The van der Waals surface area contributed by atoms with Gasteiger partial charge in [0.05, 0.1) is 0 Å². The highest BCUT2D eigenvalue weighted by Gasteiger charge is 2.13. The van der Waals surface area contributed by atoms with Crippen molar-refractivity contribution in [1.82, 2.24) is 9.88 Å². The van der Waals surface area contributed by atoms with E-state index in [1.165, 1.54) is 0 Å². The van der Waals surface area contributed by atoms with E-state index in [-0.39, 0.29) is 11.7 Å². The number of hydrogen-bond acceptors (Lipinski definition) is 3. The van der Waals surface area contributed by atoms with E-state index >= 15 is 0 Å². The SMILES string of the molecule is CN(Cc1ccc(O)cc1)C(=O)c1cc(N)c[nH]1. The molecule has 1 heterocycles. The molecule has 0 aliphatic heterocycles. The summed E-state index contributed by atoms with van der Waals surface area (Å²) in [6, 6.07) is 8.36. The maximum atomic E-state index is 12.0. The number of carbonyl (C=O) groups excluding carboxylic acids is 1. The van der Waals surface area contributed by atoms with Gasteiger partial charge in [0, 0.05) is 25.5 Å². The molecule has 0 unspecified atom stereocenters. The maximum absolute atomic E-state index is 12.0. The Balaban J connectivity index is 2.05. The van der Waals surface area contributed by atoms with Crippen molar-refractivity contribution < 1.29 is 9.90 Å². The summed E-state index contributed by atoms with van der Waals surface area (Å²) in [6.07, 6.45) is 1.58. The third-order valence-corrected chi connectivity index (χ3v) is 2.64. The molecule has 18 heavy (non-hydrogen) atoms. The molecule has 0 aliphatic carbocycles. The Morgan fingerprint density at radius 1 is 1.39 bits per heavy atom. The highest BCUT2D eigenvalue weighted by Crippen LogP contribution is 2.13. The second kappa shape index (κ2) is 4.83. The lowest BCUT2D eigenvalue weighted by Gasteiger charge is -2.16. The van der Waals surface area contributed by atoms with E-state index in [9.17, 15) is 9.90 Å². The quantitative estimate of drug-likeness (QED) is 0.767. The maximum Gasteiger partial charge on any atom is 0.270 e. The van der Waals surface area contributed by atoms with Crippen LogP contribution in [0.5, 0.6) is 5.75 Å². The average molecular weight is 245 g/mol. The van der Waals surface area contributed by atoms with Crippen LogP contribution in [0.3, 0.4) is 0 Å². The van der Waals surface area contributed by atoms with Crippen molar-refractivity contribution in [3.05, 3.63) is 47.8 Å². The van der Waals surface area contributed by atoms with Crippen LogP contribution < -0.4 is 5.73 Å². The molecule has 1 amide bonds. The van der Waals surface area contributed by atoms with Crippen LogP contribution in [0.1, 0.15) is 16.1 Å². The topological polar surface area (TPSA) is 82.3 Å². The summed E-state index contributed by atoms with van der Waals surface area (Å²) in [5.41, 5.74) is 7.51. The number of aromatic amines is 1. The lowest BCUT2D eigenvalue weighted by Crippen LogP contribution is -2.26. The number of amides is 1. The van der Waals surface area contributed by atoms with Gasteiger partial charge in [0.15, 0.2) is 0 Å². The van der Waals surface area contributed by atoms with E-state index in [1.807, 2.05) is 0 Å². The molecule has 94 valence electrons. The third-order valence-electron chi connectivity index (χ3n) is 2.64. The van der Waals surface area contributed by atoms with E-state index in [2.05, 4.69) is 4.98 Å². The van der Waals surface area contributed by atoms with E-state index in [0.29, 0.717) is 17.9 Å². The lowest BCUT2D eigenvalue weighted by atomic mass is 10.2. The minimum atomic E-state index is -0.125.